The molecule has 1 heterocycles. The van der Waals surface area contributed by atoms with Gasteiger partial charge >= 0.3 is 6.03 Å². The molecule has 0 spiro atoms. The zero-order chi connectivity index (χ0) is 21.8. The average molecular weight is 432 g/mol. The number of methoxy groups -OCH3 is 3. The first-order chi connectivity index (χ1) is 14.4. The predicted molar refractivity (Wildman–Crippen MR) is 113 cm³/mol. The van der Waals surface area contributed by atoms with E-state index >= 15 is 0 Å². The Kier molecular flexibility index (Phi) is 6.37. The molecule has 0 bridgehead atoms. The van der Waals surface area contributed by atoms with Crippen LogP contribution < -0.4 is 30.2 Å². The molecule has 3 amide bonds. The van der Waals surface area contributed by atoms with Gasteiger partial charge in [0, 0.05) is 5.70 Å². The van der Waals surface area contributed by atoms with Crippen LogP contribution in [0.3, 0.4) is 0 Å². The van der Waals surface area contributed by atoms with Crippen LogP contribution in [0.2, 0.25) is 5.02 Å². The smallest absolute Gasteiger partial charge is 0.319 e. The highest BCUT2D eigenvalue weighted by Gasteiger charge is 2.33. The number of allylic oxidation sites excluding steroid dienone is 1. The first kappa shape index (κ1) is 21.3. The molecule has 9 heteroatoms. The highest BCUT2D eigenvalue weighted by molar-refractivity contribution is 6.33. The molecule has 1 atom stereocenters. The van der Waals surface area contributed by atoms with Gasteiger partial charge < -0.3 is 30.2 Å². The molecule has 3 N–H and O–H groups in total. The molecule has 8 nitrogen and oxygen atoms in total. The molecule has 0 saturated carbocycles. The number of hydrogen-bond acceptors (Lipinski definition) is 5. The Bertz CT molecular complexity index is 996. The fraction of sp³-hybridized carbons (Fsp3) is 0.238. The van der Waals surface area contributed by atoms with E-state index in [1.807, 2.05) is 0 Å². The molecule has 1 aliphatic heterocycles. The number of benzene rings is 2. The van der Waals surface area contributed by atoms with Gasteiger partial charge in [-0.1, -0.05) is 23.7 Å². The number of nitrogens with one attached hydrogen (secondary N) is 3. The van der Waals surface area contributed by atoms with Gasteiger partial charge in [-0.25, -0.2) is 4.79 Å². The second-order valence-corrected chi connectivity index (χ2v) is 6.87. The summed E-state index contributed by atoms with van der Waals surface area (Å²) in [5.74, 6) is 0.810. The van der Waals surface area contributed by atoms with Crippen molar-refractivity contribution in [2.24, 2.45) is 0 Å². The maximum absolute atomic E-state index is 13.1. The normalized spacial score (nSPS) is 15.8. The van der Waals surface area contributed by atoms with Crippen LogP contribution in [0.5, 0.6) is 17.2 Å². The zero-order valence-electron chi connectivity index (χ0n) is 17.0. The minimum Gasteiger partial charge on any atom is -0.493 e. The number of para-hydroxylation sites is 1. The van der Waals surface area contributed by atoms with E-state index in [-0.39, 0.29) is 0 Å². The van der Waals surface area contributed by atoms with Crippen LogP contribution in [0.15, 0.2) is 47.7 Å². The van der Waals surface area contributed by atoms with Gasteiger partial charge in [-0.2, -0.15) is 0 Å². The van der Waals surface area contributed by atoms with Crippen molar-refractivity contribution in [3.05, 3.63) is 58.3 Å². The lowest BCUT2D eigenvalue weighted by Gasteiger charge is -2.29. The Morgan fingerprint density at radius 2 is 1.70 bits per heavy atom. The summed E-state index contributed by atoms with van der Waals surface area (Å²) in [7, 11) is 4.49. The quantitative estimate of drug-likeness (QED) is 0.648. The number of anilines is 1. The summed E-state index contributed by atoms with van der Waals surface area (Å²) in [6.45, 7) is 1.66. The molecule has 158 valence electrons. The van der Waals surface area contributed by atoms with Crippen molar-refractivity contribution in [2.75, 3.05) is 26.6 Å². The van der Waals surface area contributed by atoms with E-state index in [0.717, 1.165) is 0 Å². The Hall–Kier alpha value is -3.39. The zero-order valence-corrected chi connectivity index (χ0v) is 17.7. The molecule has 0 unspecified atom stereocenters. The summed E-state index contributed by atoms with van der Waals surface area (Å²) in [5, 5.41) is 8.62. The molecular formula is C21H22ClN3O5. The molecule has 3 rings (SSSR count). The van der Waals surface area contributed by atoms with Crippen molar-refractivity contribution in [1.29, 1.82) is 0 Å². The van der Waals surface area contributed by atoms with E-state index < -0.39 is 18.0 Å². The van der Waals surface area contributed by atoms with E-state index in [1.165, 1.54) is 21.3 Å². The van der Waals surface area contributed by atoms with Crippen molar-refractivity contribution in [3.63, 3.8) is 0 Å². The number of rotatable bonds is 6. The molecule has 0 aliphatic carbocycles. The van der Waals surface area contributed by atoms with E-state index in [2.05, 4.69) is 16.0 Å². The molecule has 1 aliphatic rings. The van der Waals surface area contributed by atoms with E-state index in [9.17, 15) is 9.59 Å². The van der Waals surface area contributed by atoms with Gasteiger partial charge in [0.15, 0.2) is 11.5 Å². The summed E-state index contributed by atoms with van der Waals surface area (Å²) in [6, 6.07) is 9.09. The fourth-order valence-electron chi connectivity index (χ4n) is 3.27. The third-order valence-electron chi connectivity index (χ3n) is 4.66. The summed E-state index contributed by atoms with van der Waals surface area (Å²) in [5.41, 5.74) is 1.79. The van der Waals surface area contributed by atoms with Crippen LogP contribution in [0, 0.1) is 0 Å². The van der Waals surface area contributed by atoms with E-state index in [1.54, 1.807) is 43.3 Å². The first-order valence-corrected chi connectivity index (χ1v) is 9.41. The standard InChI is InChI=1S/C21H22ClN3O5/c1-11-17(20(26)24-14-8-6-5-7-13(14)22)18(25-21(27)23-11)12-9-15(28-2)19(30-4)16(10-12)29-3/h5-10,18H,1-4H3,(H,24,26)(H2,23,25,27)/t18-/m0/s1. The lowest BCUT2D eigenvalue weighted by molar-refractivity contribution is -0.113. The van der Waals surface area contributed by atoms with Gasteiger partial charge in [0.25, 0.3) is 5.91 Å². The Morgan fingerprint density at radius 3 is 2.27 bits per heavy atom. The minimum absolute atomic E-state index is 0.323. The van der Waals surface area contributed by atoms with Crippen molar-refractivity contribution in [2.45, 2.75) is 13.0 Å². The number of carbonyl (C=O) groups excluding carboxylic acids is 2. The van der Waals surface area contributed by atoms with Crippen molar-refractivity contribution in [3.8, 4) is 17.2 Å². The van der Waals surface area contributed by atoms with E-state index in [4.69, 9.17) is 25.8 Å². The second kappa shape index (κ2) is 8.96. The SMILES string of the molecule is COc1cc([C@@H]2NC(=O)NC(C)=C2C(=O)Nc2ccccc2Cl)cc(OC)c1OC. The van der Waals surface area contributed by atoms with Crippen LogP contribution in [0.4, 0.5) is 10.5 Å². The Balaban J connectivity index is 2.06. The topological polar surface area (TPSA) is 97.9 Å². The lowest BCUT2D eigenvalue weighted by atomic mass is 9.94. The number of halogens is 1. The maximum Gasteiger partial charge on any atom is 0.319 e. The summed E-state index contributed by atoms with van der Waals surface area (Å²) < 4.78 is 16.2. The minimum atomic E-state index is -0.755. The van der Waals surface area contributed by atoms with Crippen LogP contribution in [-0.4, -0.2) is 33.3 Å². The van der Waals surface area contributed by atoms with E-state index in [0.29, 0.717) is 44.8 Å². The molecule has 2 aromatic carbocycles. The van der Waals surface area contributed by atoms with Crippen molar-refractivity contribution in [1.82, 2.24) is 10.6 Å². The molecule has 2 aromatic rings. The summed E-state index contributed by atoms with van der Waals surface area (Å²) in [6.07, 6.45) is 0. The van der Waals surface area contributed by atoms with Crippen molar-refractivity contribution < 1.29 is 23.8 Å². The van der Waals surface area contributed by atoms with Gasteiger partial charge in [0.2, 0.25) is 5.75 Å². The predicted octanol–water partition coefficient (Wildman–Crippen LogP) is 3.63. The Labute approximate surface area is 179 Å². The summed E-state index contributed by atoms with van der Waals surface area (Å²) in [4.78, 5) is 25.3. The maximum atomic E-state index is 13.1. The lowest BCUT2D eigenvalue weighted by Crippen LogP contribution is -2.46. The molecule has 0 fully saturated rings. The summed E-state index contributed by atoms with van der Waals surface area (Å²) >= 11 is 6.17. The van der Waals surface area contributed by atoms with Gasteiger partial charge in [0.1, 0.15) is 0 Å². The largest absolute Gasteiger partial charge is 0.493 e. The second-order valence-electron chi connectivity index (χ2n) is 6.46. The van der Waals surface area contributed by atoms with Crippen LogP contribution in [0.1, 0.15) is 18.5 Å². The average Bonchev–Trinajstić information content (AvgIpc) is 2.73. The number of carbonyl (C=O) groups is 2. The van der Waals surface area contributed by atoms with Gasteiger partial charge in [-0.3, -0.25) is 4.79 Å². The highest BCUT2D eigenvalue weighted by Crippen LogP contribution is 2.41. The molecule has 0 radical (unpaired) electrons. The first-order valence-electron chi connectivity index (χ1n) is 9.03. The number of hydrogen-bond donors (Lipinski definition) is 3. The number of amides is 3. The third kappa shape index (κ3) is 4.13. The van der Waals surface area contributed by atoms with Crippen LogP contribution in [-0.2, 0) is 4.79 Å². The van der Waals surface area contributed by atoms with Gasteiger partial charge in [-0.05, 0) is 36.8 Å². The fourth-order valence-corrected chi connectivity index (χ4v) is 3.45. The Morgan fingerprint density at radius 1 is 1.07 bits per heavy atom. The third-order valence-corrected chi connectivity index (χ3v) is 4.99. The number of ether oxygens (including phenoxy) is 3. The molecule has 0 saturated heterocycles. The van der Waals surface area contributed by atoms with Gasteiger partial charge in [-0.15, -0.1) is 0 Å². The molecule has 0 aromatic heterocycles. The monoisotopic (exact) mass is 431 g/mol. The van der Waals surface area contributed by atoms with Crippen LogP contribution >= 0.6 is 11.6 Å². The highest BCUT2D eigenvalue weighted by atomic mass is 35.5. The van der Waals surface area contributed by atoms with Crippen LogP contribution in [0.25, 0.3) is 0 Å². The molecular weight excluding hydrogens is 410 g/mol. The number of urea groups is 1. The van der Waals surface area contributed by atoms with Gasteiger partial charge in [0.05, 0.1) is 43.7 Å². The van der Waals surface area contributed by atoms with Crippen molar-refractivity contribution >= 4 is 29.2 Å². The molecule has 30 heavy (non-hydrogen) atoms.